The number of nitrogens with one attached hydrogen (secondary N) is 2. The number of anilines is 2. The van der Waals surface area contributed by atoms with Crippen LogP contribution in [0.5, 0.6) is 11.5 Å². The molecule has 81 heavy (non-hydrogen) atoms. The lowest BCUT2D eigenvalue weighted by Crippen LogP contribution is -2.42. The van der Waals surface area contributed by atoms with E-state index in [0.717, 1.165) is 35.7 Å². The van der Waals surface area contributed by atoms with Crippen LogP contribution in [0.4, 0.5) is 29.2 Å². The number of benzene rings is 4. The number of nitrogen functional groups attached to an aromatic ring is 2. The molecule has 2 aromatic heterocycles. The summed E-state index contributed by atoms with van der Waals surface area (Å²) in [4.78, 5) is 54.7. The van der Waals surface area contributed by atoms with E-state index in [1.54, 1.807) is 78.9 Å². The molecule has 6 aromatic rings. The average molecular weight is 1200 g/mol. The first-order valence-electron chi connectivity index (χ1n) is 24.1. The lowest BCUT2D eigenvalue weighted by atomic mass is 10.1. The van der Waals surface area contributed by atoms with Crippen molar-refractivity contribution in [1.82, 2.24) is 29.3 Å². The zero-order chi connectivity index (χ0) is 59.1. The first-order valence-corrected chi connectivity index (χ1v) is 28.1. The van der Waals surface area contributed by atoms with Crippen molar-refractivity contribution >= 4 is 49.4 Å². The molecule has 2 saturated heterocycles. The number of esters is 2. The maximum Gasteiger partial charge on any atom is 0.459 e. The van der Waals surface area contributed by atoms with Crippen molar-refractivity contribution in [3.63, 3.8) is 0 Å². The Balaban J connectivity index is 0.000000217. The summed E-state index contributed by atoms with van der Waals surface area (Å²) in [7, 11) is -4.46. The maximum atomic E-state index is 14.9. The normalized spacial score (nSPS) is 21.9. The lowest BCUT2D eigenvalue weighted by molar-refractivity contribution is -0.147. The minimum Gasteiger partial charge on any atom is -0.460 e. The van der Waals surface area contributed by atoms with Crippen molar-refractivity contribution in [2.45, 2.75) is 87.9 Å². The number of alkyl halides is 4. The number of nitrogens with zero attached hydrogens (tertiary/aromatic N) is 4. The summed E-state index contributed by atoms with van der Waals surface area (Å²) in [5.41, 5.74) is 10.1. The Morgan fingerprint density at radius 2 is 1.04 bits per heavy atom. The van der Waals surface area contributed by atoms with Gasteiger partial charge >= 0.3 is 49.8 Å². The fraction of sp³-hybridized carbons (Fsp3) is 0.320. The van der Waals surface area contributed by atoms with Gasteiger partial charge in [-0.25, -0.2) is 23.8 Å². The number of hydrogen-bond acceptors (Lipinski definition) is 20. The highest BCUT2D eigenvalue weighted by Gasteiger charge is 2.61. The molecule has 2 aliphatic rings. The number of aliphatic hydroxyl groups excluding tert-OH is 3. The SMILES string of the molecule is CC(NP(=O)(Cl)Oc1ccccc1)C(=O)OCc1ccccc1.CC(NP(=O)(OCC1OC(n2ccc(N)nc2=O)C(F)(F)C1O)Oc1ccccc1)C(=O)OCc1ccccc1.Nc1ccn(C2OC(CO)C(O)C2(F)F)c(=O)n1. The molecule has 2 aliphatic heterocycles. The number of halogens is 5. The van der Waals surface area contributed by atoms with Crippen LogP contribution in [0.3, 0.4) is 0 Å². The molecule has 31 heteroatoms. The second kappa shape index (κ2) is 28.1. The van der Waals surface area contributed by atoms with E-state index in [0.29, 0.717) is 14.9 Å². The Kier molecular flexibility index (Phi) is 21.9. The summed E-state index contributed by atoms with van der Waals surface area (Å²) in [6, 6.07) is 34.6. The predicted octanol–water partition coefficient (Wildman–Crippen LogP) is 5.49. The standard InChI is InChI=1S/C25H27F2N4O8P.C16H17ClNO4P.C9H11F2N3O4/c1-16(22(33)36-14-17-8-4-2-5-9-17)30-40(35,39-18-10-6-3-7-11-18)37-15-19-21(32)25(26,27)23(38-19)31-13-12-20(28)29-24(31)34;1-13(16(19)21-12-14-8-4-2-5-9-14)18-23(17,20)22-15-10-6-3-7-11-15;10-9(11)6(16)4(3-15)18-7(9)14-2-1-5(12)13-8(14)17/h2-13,16,19,21,23,32H,14-15H2,1H3,(H,30,35)(H2,28,29,34);2-11,13H,12H2,1H3,(H,18,20);1-2,4,6-7,15-16H,3H2,(H2,12,13,17). The van der Waals surface area contributed by atoms with Crippen LogP contribution in [0.2, 0.25) is 0 Å². The highest BCUT2D eigenvalue weighted by molar-refractivity contribution is 7.84. The van der Waals surface area contributed by atoms with Gasteiger partial charge in [-0.3, -0.25) is 23.2 Å². The van der Waals surface area contributed by atoms with Gasteiger partial charge in [-0.05, 0) is 61.4 Å². The van der Waals surface area contributed by atoms with Crippen LogP contribution in [0.1, 0.15) is 37.4 Å². The Hall–Kier alpha value is -7.07. The van der Waals surface area contributed by atoms with Gasteiger partial charge in [0.1, 0.15) is 60.6 Å². The summed E-state index contributed by atoms with van der Waals surface area (Å²) in [6.45, 7) is -2.40. The Labute approximate surface area is 463 Å². The molecule has 436 valence electrons. The van der Waals surface area contributed by atoms with Gasteiger partial charge in [0, 0.05) is 23.6 Å². The number of hydrogen-bond donors (Lipinski definition) is 7. The highest BCUT2D eigenvalue weighted by atomic mass is 35.7. The van der Waals surface area contributed by atoms with Gasteiger partial charge in [-0.15, -0.1) is 0 Å². The first kappa shape index (κ1) is 63.1. The van der Waals surface area contributed by atoms with E-state index < -0.39 is 112 Å². The molecule has 10 unspecified atom stereocenters. The molecule has 4 aromatic carbocycles. The van der Waals surface area contributed by atoms with Gasteiger partial charge in [-0.2, -0.15) is 32.6 Å². The van der Waals surface area contributed by atoms with Crippen LogP contribution in [-0.2, 0) is 55.4 Å². The number of ether oxygens (including phenoxy) is 4. The van der Waals surface area contributed by atoms with Gasteiger partial charge in [0.05, 0.1) is 13.2 Å². The zero-order valence-corrected chi connectivity index (χ0v) is 45.2. The van der Waals surface area contributed by atoms with Crippen molar-refractivity contribution in [2.75, 3.05) is 24.7 Å². The number of carbonyl (C=O) groups is 2. The second-order valence-electron chi connectivity index (χ2n) is 17.5. The molecule has 9 N–H and O–H groups in total. The van der Waals surface area contributed by atoms with Crippen molar-refractivity contribution in [3.8, 4) is 11.5 Å². The lowest BCUT2D eigenvalue weighted by Gasteiger charge is -2.24. The van der Waals surface area contributed by atoms with Gasteiger partial charge in [-0.1, -0.05) is 97.1 Å². The summed E-state index contributed by atoms with van der Waals surface area (Å²) >= 11 is 5.84. The van der Waals surface area contributed by atoms with Crippen LogP contribution in [0, 0.1) is 0 Å². The number of aliphatic hydroxyl groups is 3. The number of aromatic nitrogens is 4. The Morgan fingerprint density at radius 1 is 0.654 bits per heavy atom. The van der Waals surface area contributed by atoms with Crippen LogP contribution in [-0.4, -0.2) is 108 Å². The van der Waals surface area contributed by atoms with E-state index in [2.05, 4.69) is 20.1 Å². The fourth-order valence-electron chi connectivity index (χ4n) is 7.24. The van der Waals surface area contributed by atoms with Crippen LogP contribution >= 0.6 is 25.9 Å². The van der Waals surface area contributed by atoms with Crippen LogP contribution < -0.4 is 42.1 Å². The van der Waals surface area contributed by atoms with Gasteiger partial charge in [0.2, 0.25) is 12.5 Å². The summed E-state index contributed by atoms with van der Waals surface area (Å²) < 4.78 is 121. The number of nitrogens with two attached hydrogens (primary N) is 2. The Bertz CT molecular complexity index is 3240. The fourth-order valence-corrected chi connectivity index (χ4v) is 10.4. The third kappa shape index (κ3) is 17.5. The third-order valence-electron chi connectivity index (χ3n) is 11.3. The molecule has 0 amide bonds. The summed E-state index contributed by atoms with van der Waals surface area (Å²) in [5, 5.41) is 33.3. The number of carbonyl (C=O) groups excluding carboxylic acids is 2. The molecular weight excluding hydrogens is 1140 g/mol. The van der Waals surface area contributed by atoms with E-state index in [1.165, 1.54) is 26.0 Å². The van der Waals surface area contributed by atoms with Crippen LogP contribution in [0.25, 0.3) is 0 Å². The average Bonchev–Trinajstić information content (AvgIpc) is 3.80. The predicted molar refractivity (Wildman–Crippen MR) is 281 cm³/mol. The van der Waals surface area contributed by atoms with Crippen molar-refractivity contribution in [3.05, 3.63) is 178 Å². The molecule has 8 rings (SSSR count). The van der Waals surface area contributed by atoms with E-state index in [4.69, 9.17) is 60.3 Å². The van der Waals surface area contributed by atoms with Crippen LogP contribution in [0.15, 0.2) is 155 Å². The van der Waals surface area contributed by atoms with E-state index in [9.17, 15) is 56.1 Å². The van der Waals surface area contributed by atoms with Gasteiger partial charge in [0.15, 0.2) is 12.2 Å². The Morgan fingerprint density at radius 3 is 1.44 bits per heavy atom. The minimum atomic E-state index is -4.46. The minimum absolute atomic E-state index is 0.0473. The van der Waals surface area contributed by atoms with Crippen molar-refractivity contribution < 1.29 is 84.1 Å². The molecule has 0 radical (unpaired) electrons. The van der Waals surface area contributed by atoms with Gasteiger partial charge in [0.25, 0.3) is 0 Å². The second-order valence-corrected chi connectivity index (χ2v) is 22.0. The molecule has 24 nitrogen and oxygen atoms in total. The molecule has 4 heterocycles. The topological polar surface area (TPSA) is 339 Å². The number of rotatable bonds is 20. The number of para-hydroxylation sites is 2. The first-order chi connectivity index (χ1) is 38.3. The van der Waals surface area contributed by atoms with E-state index >= 15 is 0 Å². The quantitative estimate of drug-likeness (QED) is 0.0282. The van der Waals surface area contributed by atoms with Crippen molar-refractivity contribution in [2.24, 2.45) is 0 Å². The van der Waals surface area contributed by atoms with Gasteiger partial charge < -0.3 is 54.8 Å². The molecule has 0 spiro atoms. The highest BCUT2D eigenvalue weighted by Crippen LogP contribution is 2.50. The van der Waals surface area contributed by atoms with Crippen molar-refractivity contribution in [1.29, 1.82) is 0 Å². The summed E-state index contributed by atoms with van der Waals surface area (Å²) in [6.07, 6.45) is -10.2. The molecule has 0 bridgehead atoms. The van der Waals surface area contributed by atoms with E-state index in [1.807, 2.05) is 30.3 Å². The smallest absolute Gasteiger partial charge is 0.459 e. The summed E-state index contributed by atoms with van der Waals surface area (Å²) in [5.74, 6) is -8.89. The molecule has 2 fully saturated rings. The zero-order valence-electron chi connectivity index (χ0n) is 42.7. The molecule has 10 atom stereocenters. The van der Waals surface area contributed by atoms with E-state index in [-0.39, 0.29) is 30.6 Å². The maximum absolute atomic E-state index is 14.9. The molecular formula is C50H55ClF4N8O16P2. The molecule has 0 saturated carbocycles. The largest absolute Gasteiger partial charge is 0.460 e. The third-order valence-corrected chi connectivity index (χ3v) is 14.6. The monoisotopic (exact) mass is 1200 g/mol. The molecule has 0 aliphatic carbocycles.